The number of amides is 4. The number of azo groups is 1. The number of hydrogen-bond donors (Lipinski definition) is 4. The Hall–Kier alpha value is -5.47. The second-order valence-electron chi connectivity index (χ2n) is 16.4. The average Bonchev–Trinajstić information content (AvgIpc) is 3.43. The van der Waals surface area contributed by atoms with E-state index in [4.69, 9.17) is 0 Å². The standard InChI is InChI=1S/C47H67N9O5/c1-11-54(12-2)27-15-25-48-43(58)35-19-23-38(45(60)49-26-16-28-55(13-3)14-4)40(29-35)51-44(59)34-17-20-36(21-18-34)52-53-42(32(7)57)46(61)50-37-22-24-39-41(30-37)56(31(5)6)33(8)47(39,9)10/h17-24,29-31,33,42H,11-16,25-28H2,1-10H3,(H,48,58)(H,49,60)(H,50,61)(H,51,59)/b53-52+. The van der Waals surface area contributed by atoms with Crippen molar-refractivity contribution in [3.63, 3.8) is 0 Å². The minimum absolute atomic E-state index is 0.0766. The van der Waals surface area contributed by atoms with Gasteiger partial charge in [-0.3, -0.25) is 24.0 Å². The fraction of sp³-hybridized carbons (Fsp3) is 0.511. The number of carbonyl (C=O) groups is 5. The molecular weight excluding hydrogens is 771 g/mol. The highest BCUT2D eigenvalue weighted by molar-refractivity contribution is 6.11. The van der Waals surface area contributed by atoms with E-state index in [0.717, 1.165) is 57.8 Å². The lowest BCUT2D eigenvalue weighted by molar-refractivity contribution is -0.126. The van der Waals surface area contributed by atoms with E-state index in [1.807, 2.05) is 18.2 Å². The molecule has 4 rings (SSSR count). The van der Waals surface area contributed by atoms with Crippen LogP contribution in [0, 0.1) is 0 Å². The van der Waals surface area contributed by atoms with E-state index in [-0.39, 0.29) is 46.1 Å². The van der Waals surface area contributed by atoms with Crippen molar-refractivity contribution in [1.82, 2.24) is 20.4 Å². The Balaban J connectivity index is 1.47. The van der Waals surface area contributed by atoms with E-state index < -0.39 is 23.6 Å². The Morgan fingerprint density at radius 3 is 1.87 bits per heavy atom. The molecule has 2 atom stereocenters. The van der Waals surface area contributed by atoms with Crippen LogP contribution < -0.4 is 26.2 Å². The van der Waals surface area contributed by atoms with Crippen molar-refractivity contribution in [2.45, 2.75) is 106 Å². The highest BCUT2D eigenvalue weighted by Crippen LogP contribution is 2.47. The Labute approximate surface area is 362 Å². The normalized spacial score (nSPS) is 15.0. The van der Waals surface area contributed by atoms with Crippen molar-refractivity contribution in [2.24, 2.45) is 10.2 Å². The lowest BCUT2D eigenvalue weighted by Crippen LogP contribution is -2.42. The van der Waals surface area contributed by atoms with Crippen molar-refractivity contribution in [1.29, 1.82) is 0 Å². The third-order valence-corrected chi connectivity index (χ3v) is 11.7. The van der Waals surface area contributed by atoms with Gasteiger partial charge in [-0.2, -0.15) is 10.2 Å². The minimum atomic E-state index is -1.39. The van der Waals surface area contributed by atoms with Gasteiger partial charge in [-0.25, -0.2) is 0 Å². The molecule has 0 spiro atoms. The van der Waals surface area contributed by atoms with Crippen LogP contribution in [0.3, 0.4) is 0 Å². The molecule has 0 saturated heterocycles. The van der Waals surface area contributed by atoms with Gasteiger partial charge >= 0.3 is 0 Å². The van der Waals surface area contributed by atoms with E-state index >= 15 is 0 Å². The first kappa shape index (κ1) is 48.2. The largest absolute Gasteiger partial charge is 0.365 e. The van der Waals surface area contributed by atoms with Gasteiger partial charge < -0.3 is 36.0 Å². The summed E-state index contributed by atoms with van der Waals surface area (Å²) < 4.78 is 0. The number of nitrogens with one attached hydrogen (secondary N) is 4. The van der Waals surface area contributed by atoms with Crippen LogP contribution in [0.25, 0.3) is 0 Å². The maximum atomic E-state index is 13.6. The Bertz CT molecular complexity index is 2020. The molecule has 0 saturated carbocycles. The minimum Gasteiger partial charge on any atom is -0.365 e. The van der Waals surface area contributed by atoms with Crippen LogP contribution >= 0.6 is 0 Å². The first-order valence-corrected chi connectivity index (χ1v) is 21.8. The molecule has 0 fully saturated rings. The summed E-state index contributed by atoms with van der Waals surface area (Å²) in [5.74, 6) is -2.27. The number of rotatable bonds is 22. The Morgan fingerprint density at radius 2 is 1.31 bits per heavy atom. The second-order valence-corrected chi connectivity index (χ2v) is 16.4. The highest BCUT2D eigenvalue weighted by atomic mass is 16.2. The summed E-state index contributed by atoms with van der Waals surface area (Å²) in [6.07, 6.45) is 1.54. The van der Waals surface area contributed by atoms with Gasteiger partial charge in [-0.05, 0) is 140 Å². The molecule has 0 bridgehead atoms. The molecule has 61 heavy (non-hydrogen) atoms. The van der Waals surface area contributed by atoms with E-state index in [1.54, 1.807) is 24.3 Å². The Morgan fingerprint density at radius 1 is 0.738 bits per heavy atom. The first-order chi connectivity index (χ1) is 29.0. The highest BCUT2D eigenvalue weighted by Gasteiger charge is 2.43. The van der Waals surface area contributed by atoms with Gasteiger partial charge in [0.1, 0.15) is 0 Å². The summed E-state index contributed by atoms with van der Waals surface area (Å²) in [5, 5.41) is 19.9. The van der Waals surface area contributed by atoms with E-state index in [9.17, 15) is 24.0 Å². The molecule has 1 heterocycles. The van der Waals surface area contributed by atoms with Gasteiger partial charge in [-0.1, -0.05) is 47.6 Å². The predicted molar refractivity (Wildman–Crippen MR) is 244 cm³/mol. The summed E-state index contributed by atoms with van der Waals surface area (Å²) >= 11 is 0. The van der Waals surface area contributed by atoms with Crippen LogP contribution in [0.2, 0.25) is 0 Å². The number of fused-ring (bicyclic) bond motifs is 1. The van der Waals surface area contributed by atoms with Crippen molar-refractivity contribution < 1.29 is 24.0 Å². The molecule has 1 aliphatic heterocycles. The molecule has 14 heteroatoms. The fourth-order valence-corrected chi connectivity index (χ4v) is 7.68. The van der Waals surface area contributed by atoms with Crippen molar-refractivity contribution in [3.8, 4) is 0 Å². The van der Waals surface area contributed by atoms with Crippen molar-refractivity contribution in [2.75, 3.05) is 67.9 Å². The smallest absolute Gasteiger partial charge is 0.258 e. The van der Waals surface area contributed by atoms with Gasteiger partial charge in [0.15, 0.2) is 5.78 Å². The summed E-state index contributed by atoms with van der Waals surface area (Å²) in [6.45, 7) is 27.0. The average molecular weight is 838 g/mol. The number of anilines is 3. The second kappa shape index (κ2) is 22.4. The molecule has 330 valence electrons. The van der Waals surface area contributed by atoms with Crippen LogP contribution in [-0.2, 0) is 15.0 Å². The summed E-state index contributed by atoms with van der Waals surface area (Å²) in [7, 11) is 0. The number of Topliss-reactive ketones (excluding diaryl/α,β-unsaturated/α-hetero) is 1. The molecule has 14 nitrogen and oxygen atoms in total. The van der Waals surface area contributed by atoms with Crippen LogP contribution in [0.15, 0.2) is 70.9 Å². The van der Waals surface area contributed by atoms with Gasteiger partial charge in [0.25, 0.3) is 23.6 Å². The van der Waals surface area contributed by atoms with E-state index in [0.29, 0.717) is 30.0 Å². The topological polar surface area (TPSA) is 168 Å². The maximum Gasteiger partial charge on any atom is 0.258 e. The number of hydrogen-bond acceptors (Lipinski definition) is 10. The third kappa shape index (κ3) is 12.5. The van der Waals surface area contributed by atoms with Crippen LogP contribution in [0.5, 0.6) is 0 Å². The van der Waals surface area contributed by atoms with Crippen molar-refractivity contribution in [3.05, 3.63) is 82.9 Å². The van der Waals surface area contributed by atoms with Crippen molar-refractivity contribution >= 4 is 52.2 Å². The molecule has 3 aromatic rings. The zero-order valence-corrected chi connectivity index (χ0v) is 37.9. The van der Waals surface area contributed by atoms with Crippen LogP contribution in [0.4, 0.5) is 22.7 Å². The van der Waals surface area contributed by atoms with Crippen LogP contribution in [-0.4, -0.2) is 110 Å². The summed E-state index contributed by atoms with van der Waals surface area (Å²) in [6, 6.07) is 15.7. The zero-order valence-electron chi connectivity index (χ0n) is 37.9. The third-order valence-electron chi connectivity index (χ3n) is 11.7. The molecule has 2 unspecified atom stereocenters. The number of carbonyl (C=O) groups excluding carboxylic acids is 5. The quantitative estimate of drug-likeness (QED) is 0.0460. The van der Waals surface area contributed by atoms with E-state index in [1.165, 1.54) is 30.7 Å². The molecule has 0 radical (unpaired) electrons. The van der Waals surface area contributed by atoms with Crippen LogP contribution in [0.1, 0.15) is 119 Å². The number of benzene rings is 3. The summed E-state index contributed by atoms with van der Waals surface area (Å²) in [5.41, 5.74) is 4.03. The van der Waals surface area contributed by atoms with Gasteiger partial charge in [0.2, 0.25) is 6.04 Å². The molecular formula is C47H67N9O5. The Kier molecular flexibility index (Phi) is 17.7. The zero-order chi connectivity index (χ0) is 44.9. The van der Waals surface area contributed by atoms with E-state index in [2.05, 4.69) is 109 Å². The summed E-state index contributed by atoms with van der Waals surface area (Å²) in [4.78, 5) is 73.1. The molecule has 0 aromatic heterocycles. The molecule has 4 amide bonds. The molecule has 4 N–H and O–H groups in total. The molecule has 1 aliphatic rings. The van der Waals surface area contributed by atoms with Gasteiger partial charge in [0, 0.05) is 53.1 Å². The predicted octanol–water partition coefficient (Wildman–Crippen LogP) is 7.44. The lowest BCUT2D eigenvalue weighted by atomic mass is 9.81. The molecule has 3 aromatic carbocycles. The number of nitrogens with zero attached hydrogens (tertiary/aromatic N) is 5. The molecule has 0 aliphatic carbocycles. The maximum absolute atomic E-state index is 13.6. The fourth-order valence-electron chi connectivity index (χ4n) is 7.68. The SMILES string of the molecule is CCN(CC)CCCNC(=O)c1ccc(C(=O)NCCCN(CC)CC)c(NC(=O)c2ccc(/N=N/C(C(C)=O)C(=O)Nc3ccc4c(c3)N(C(C)C)C(C)C4(C)C)cc2)c1. The first-order valence-electron chi connectivity index (χ1n) is 21.8. The van der Waals surface area contributed by atoms with Gasteiger partial charge in [0.05, 0.1) is 16.9 Å². The number of ketones is 1. The lowest BCUT2D eigenvalue weighted by Gasteiger charge is -2.34. The van der Waals surface area contributed by atoms with Gasteiger partial charge in [-0.15, -0.1) is 0 Å². The monoisotopic (exact) mass is 838 g/mol.